The highest BCUT2D eigenvalue weighted by molar-refractivity contribution is 7.18. The van der Waals surface area contributed by atoms with Crippen LogP contribution in [0, 0.1) is 6.92 Å². The predicted molar refractivity (Wildman–Crippen MR) is 90.8 cm³/mol. The molecule has 1 unspecified atom stereocenters. The van der Waals surface area contributed by atoms with Crippen molar-refractivity contribution in [2.45, 2.75) is 33.2 Å². The first-order chi connectivity index (χ1) is 10.0. The number of fused-ring (bicyclic) bond motifs is 1. The van der Waals surface area contributed by atoms with Crippen molar-refractivity contribution in [1.82, 2.24) is 14.9 Å². The molecule has 0 aliphatic heterocycles. The molecule has 2 rings (SSSR count). The van der Waals surface area contributed by atoms with Crippen LogP contribution in [0.5, 0.6) is 0 Å². The number of nitrogens with two attached hydrogens (primary N) is 1. The summed E-state index contributed by atoms with van der Waals surface area (Å²) >= 11 is 1.65. The van der Waals surface area contributed by atoms with Gasteiger partial charge in [-0.3, -0.25) is 5.43 Å². The number of nitrogen functional groups attached to an aromatic ring is 1. The van der Waals surface area contributed by atoms with Crippen molar-refractivity contribution in [2.75, 3.05) is 30.9 Å². The van der Waals surface area contributed by atoms with Crippen molar-refractivity contribution in [1.29, 1.82) is 0 Å². The fourth-order valence-electron chi connectivity index (χ4n) is 2.12. The maximum Gasteiger partial charge on any atom is 0.240 e. The van der Waals surface area contributed by atoms with E-state index in [1.54, 1.807) is 11.3 Å². The minimum atomic E-state index is 0.446. The molecule has 0 bridgehead atoms. The monoisotopic (exact) mass is 308 g/mol. The molecule has 2 aromatic rings. The smallest absolute Gasteiger partial charge is 0.240 e. The van der Waals surface area contributed by atoms with Crippen LogP contribution in [-0.4, -0.2) is 41.0 Å². The second-order valence-electron chi connectivity index (χ2n) is 5.28. The Kier molecular flexibility index (Phi) is 5.33. The Morgan fingerprint density at radius 3 is 2.86 bits per heavy atom. The maximum atomic E-state index is 5.44. The van der Waals surface area contributed by atoms with Gasteiger partial charge in [0.25, 0.3) is 0 Å². The number of hydrogen-bond acceptors (Lipinski definition) is 7. The molecule has 4 N–H and O–H groups in total. The average molecular weight is 308 g/mol. The van der Waals surface area contributed by atoms with Crippen LogP contribution < -0.4 is 16.6 Å². The molecule has 1 atom stereocenters. The fraction of sp³-hybridized carbons (Fsp3) is 0.571. The summed E-state index contributed by atoms with van der Waals surface area (Å²) in [5.74, 6) is 6.73. The third-order valence-corrected chi connectivity index (χ3v) is 4.69. The highest BCUT2D eigenvalue weighted by atomic mass is 32.1. The Balaban J connectivity index is 2.10. The lowest BCUT2D eigenvalue weighted by Gasteiger charge is -2.23. The van der Waals surface area contributed by atoms with Crippen LogP contribution in [0.25, 0.3) is 10.2 Å². The molecule has 21 heavy (non-hydrogen) atoms. The second kappa shape index (κ2) is 7.02. The normalized spacial score (nSPS) is 12.9. The zero-order valence-electron chi connectivity index (χ0n) is 13.1. The SMILES string of the molecule is CCC(C)N(C)CCNc1nc(NN)nc2sc(C)cc12. The van der Waals surface area contributed by atoms with Crippen LogP contribution in [0.15, 0.2) is 6.07 Å². The number of thiophene rings is 1. The maximum absolute atomic E-state index is 5.44. The molecular weight excluding hydrogens is 284 g/mol. The highest BCUT2D eigenvalue weighted by Gasteiger charge is 2.11. The summed E-state index contributed by atoms with van der Waals surface area (Å²) in [5, 5.41) is 4.46. The topological polar surface area (TPSA) is 79.1 Å². The minimum absolute atomic E-state index is 0.446. The number of nitrogens with zero attached hydrogens (tertiary/aromatic N) is 3. The quantitative estimate of drug-likeness (QED) is 0.538. The molecule has 2 heterocycles. The first kappa shape index (κ1) is 15.9. The van der Waals surface area contributed by atoms with Crippen LogP contribution in [-0.2, 0) is 0 Å². The molecule has 0 fully saturated rings. The van der Waals surface area contributed by atoms with Crippen molar-refractivity contribution in [3.63, 3.8) is 0 Å². The number of anilines is 2. The zero-order chi connectivity index (χ0) is 15.4. The molecule has 0 aromatic carbocycles. The van der Waals surface area contributed by atoms with Gasteiger partial charge in [-0.15, -0.1) is 11.3 Å². The average Bonchev–Trinajstić information content (AvgIpc) is 2.86. The summed E-state index contributed by atoms with van der Waals surface area (Å²) < 4.78 is 0. The van der Waals surface area contributed by atoms with Gasteiger partial charge in [0.2, 0.25) is 5.95 Å². The minimum Gasteiger partial charge on any atom is -0.368 e. The van der Waals surface area contributed by atoms with Gasteiger partial charge in [0.1, 0.15) is 10.6 Å². The Hall–Kier alpha value is -1.44. The van der Waals surface area contributed by atoms with E-state index in [1.807, 2.05) is 0 Å². The van der Waals surface area contributed by atoms with E-state index in [0.29, 0.717) is 12.0 Å². The molecule has 0 radical (unpaired) electrons. The number of hydrazine groups is 1. The fourth-order valence-corrected chi connectivity index (χ4v) is 3.00. The van der Waals surface area contributed by atoms with Crippen LogP contribution in [0.2, 0.25) is 0 Å². The van der Waals surface area contributed by atoms with Gasteiger partial charge in [-0.25, -0.2) is 10.8 Å². The summed E-state index contributed by atoms with van der Waals surface area (Å²) in [5.41, 5.74) is 2.53. The van der Waals surface area contributed by atoms with Gasteiger partial charge in [0, 0.05) is 24.0 Å². The summed E-state index contributed by atoms with van der Waals surface area (Å²) in [6.45, 7) is 8.32. The molecule has 2 aromatic heterocycles. The van der Waals surface area contributed by atoms with E-state index in [2.05, 4.69) is 59.5 Å². The second-order valence-corrected chi connectivity index (χ2v) is 6.52. The molecule has 0 saturated heterocycles. The molecule has 116 valence electrons. The van der Waals surface area contributed by atoms with E-state index >= 15 is 0 Å². The largest absolute Gasteiger partial charge is 0.368 e. The Morgan fingerprint density at radius 1 is 1.43 bits per heavy atom. The van der Waals surface area contributed by atoms with Crippen LogP contribution in [0.3, 0.4) is 0 Å². The van der Waals surface area contributed by atoms with Gasteiger partial charge < -0.3 is 10.2 Å². The number of rotatable bonds is 7. The van der Waals surface area contributed by atoms with E-state index in [0.717, 1.165) is 35.5 Å². The molecule has 0 aliphatic carbocycles. The lowest BCUT2D eigenvalue weighted by molar-refractivity contribution is 0.261. The Labute approximate surface area is 129 Å². The van der Waals surface area contributed by atoms with Crippen molar-refractivity contribution >= 4 is 33.3 Å². The highest BCUT2D eigenvalue weighted by Crippen LogP contribution is 2.29. The van der Waals surface area contributed by atoms with Crippen LogP contribution in [0.1, 0.15) is 25.1 Å². The first-order valence-electron chi connectivity index (χ1n) is 7.24. The molecule has 0 amide bonds. The zero-order valence-corrected chi connectivity index (χ0v) is 13.9. The number of nitrogens with one attached hydrogen (secondary N) is 2. The number of aromatic nitrogens is 2. The van der Waals surface area contributed by atoms with Gasteiger partial charge >= 0.3 is 0 Å². The van der Waals surface area contributed by atoms with Gasteiger partial charge in [-0.05, 0) is 33.4 Å². The van der Waals surface area contributed by atoms with Gasteiger partial charge in [-0.2, -0.15) is 4.98 Å². The van der Waals surface area contributed by atoms with E-state index < -0.39 is 0 Å². The first-order valence-corrected chi connectivity index (χ1v) is 8.05. The van der Waals surface area contributed by atoms with Crippen molar-refractivity contribution in [3.05, 3.63) is 10.9 Å². The lowest BCUT2D eigenvalue weighted by atomic mass is 10.2. The molecule has 6 nitrogen and oxygen atoms in total. The molecular formula is C14H24N6S. The van der Waals surface area contributed by atoms with E-state index in [-0.39, 0.29) is 0 Å². The summed E-state index contributed by atoms with van der Waals surface area (Å²) in [7, 11) is 2.15. The molecule has 0 aliphatic rings. The number of hydrogen-bond donors (Lipinski definition) is 3. The van der Waals surface area contributed by atoms with Gasteiger partial charge in [-0.1, -0.05) is 6.92 Å². The Bertz CT molecular complexity index is 596. The number of aryl methyl sites for hydroxylation is 1. The third-order valence-electron chi connectivity index (χ3n) is 3.75. The number of likely N-dealkylation sites (N-methyl/N-ethyl adjacent to an activating group) is 1. The molecule has 0 saturated carbocycles. The third kappa shape index (κ3) is 3.81. The standard InChI is InChI=1S/C14H24N6S/c1-5-9(2)20(4)7-6-16-12-11-8-10(3)21-13(11)18-14(17-12)19-15/h8-9H,5-7,15H2,1-4H3,(H2,16,17,18,19). The molecule has 0 spiro atoms. The van der Waals surface area contributed by atoms with Crippen molar-refractivity contribution in [2.24, 2.45) is 5.84 Å². The van der Waals surface area contributed by atoms with Crippen molar-refractivity contribution in [3.8, 4) is 0 Å². The van der Waals surface area contributed by atoms with Crippen LogP contribution >= 0.6 is 11.3 Å². The lowest BCUT2D eigenvalue weighted by Crippen LogP contribution is -2.32. The van der Waals surface area contributed by atoms with Gasteiger partial charge in [0.15, 0.2) is 0 Å². The van der Waals surface area contributed by atoms with Gasteiger partial charge in [0.05, 0.1) is 5.39 Å². The van der Waals surface area contributed by atoms with E-state index in [9.17, 15) is 0 Å². The molecule has 7 heteroatoms. The summed E-state index contributed by atoms with van der Waals surface area (Å²) in [6.07, 6.45) is 1.15. The predicted octanol–water partition coefficient (Wildman–Crippen LogP) is 2.43. The van der Waals surface area contributed by atoms with Crippen molar-refractivity contribution < 1.29 is 0 Å². The Morgan fingerprint density at radius 2 is 2.19 bits per heavy atom. The van der Waals surface area contributed by atoms with E-state index in [1.165, 1.54) is 4.88 Å². The summed E-state index contributed by atoms with van der Waals surface area (Å²) in [6, 6.07) is 2.70. The summed E-state index contributed by atoms with van der Waals surface area (Å²) in [4.78, 5) is 13.3. The van der Waals surface area contributed by atoms with Crippen LogP contribution in [0.4, 0.5) is 11.8 Å². The van der Waals surface area contributed by atoms with E-state index in [4.69, 9.17) is 5.84 Å².